The van der Waals surface area contributed by atoms with Gasteiger partial charge < -0.3 is 10.2 Å². The molecule has 3 N–H and O–H groups in total. The summed E-state index contributed by atoms with van der Waals surface area (Å²) >= 11 is 0. The molecule has 1 aliphatic carbocycles. The number of anilines is 3. The van der Waals surface area contributed by atoms with Crippen LogP contribution in [0.5, 0.6) is 0 Å². The molecule has 2 fully saturated rings. The standard InChI is InChI=1S/C26H36N4O5S2/c1-5-36(32,33)28-20-9-10-22(23(18-20)30-15-13-26(11-12-26)14-16-30)24(31)27-19-7-6-8-21(17-19)37(34,35)29-25(2,3)4/h6-10,17-18,28-29H,5,11-16H2,1-4H3,(H,27,31). The molecule has 11 heteroatoms. The molecule has 0 radical (unpaired) electrons. The van der Waals surface area contributed by atoms with Gasteiger partial charge in [-0.1, -0.05) is 6.07 Å². The zero-order valence-electron chi connectivity index (χ0n) is 21.8. The lowest BCUT2D eigenvalue weighted by molar-refractivity contribution is 0.102. The molecule has 1 spiro atoms. The van der Waals surface area contributed by atoms with Crippen molar-refractivity contribution in [2.45, 2.75) is 63.8 Å². The largest absolute Gasteiger partial charge is 0.371 e. The molecule has 0 atom stereocenters. The first kappa shape index (κ1) is 27.4. The lowest BCUT2D eigenvalue weighted by Crippen LogP contribution is -2.40. The second kappa shape index (κ2) is 9.92. The molecule has 37 heavy (non-hydrogen) atoms. The maximum atomic E-state index is 13.4. The lowest BCUT2D eigenvalue weighted by atomic mass is 9.93. The third-order valence-electron chi connectivity index (χ3n) is 6.86. The Hall–Kier alpha value is -2.63. The van der Waals surface area contributed by atoms with Crippen LogP contribution >= 0.6 is 0 Å². The second-order valence-corrected chi connectivity index (χ2v) is 14.8. The zero-order chi connectivity index (χ0) is 27.1. The Kier molecular flexibility index (Phi) is 7.35. The summed E-state index contributed by atoms with van der Waals surface area (Å²) in [6.07, 6.45) is 4.57. The van der Waals surface area contributed by atoms with Gasteiger partial charge in [-0.2, -0.15) is 0 Å². The van der Waals surface area contributed by atoms with E-state index in [0.29, 0.717) is 28.0 Å². The predicted octanol–water partition coefficient (Wildman–Crippen LogP) is 4.16. The maximum Gasteiger partial charge on any atom is 0.257 e. The molecule has 202 valence electrons. The Labute approximate surface area is 220 Å². The van der Waals surface area contributed by atoms with Crippen molar-refractivity contribution in [2.24, 2.45) is 5.41 Å². The first-order valence-electron chi connectivity index (χ1n) is 12.6. The highest BCUT2D eigenvalue weighted by Gasteiger charge is 2.44. The number of amides is 1. The molecule has 2 aromatic rings. The van der Waals surface area contributed by atoms with Gasteiger partial charge in [0.05, 0.1) is 27.6 Å². The summed E-state index contributed by atoms with van der Waals surface area (Å²) in [5.41, 5.74) is 1.59. The summed E-state index contributed by atoms with van der Waals surface area (Å²) in [6, 6.07) is 11.0. The fourth-order valence-electron chi connectivity index (χ4n) is 4.60. The van der Waals surface area contributed by atoms with Crippen LogP contribution in [0.1, 0.15) is 63.7 Å². The van der Waals surface area contributed by atoms with Crippen LogP contribution < -0.4 is 19.7 Å². The van der Waals surface area contributed by atoms with E-state index in [9.17, 15) is 21.6 Å². The van der Waals surface area contributed by atoms with Crippen molar-refractivity contribution < 1.29 is 21.6 Å². The molecular weight excluding hydrogens is 512 g/mol. The van der Waals surface area contributed by atoms with Crippen molar-refractivity contribution in [3.63, 3.8) is 0 Å². The van der Waals surface area contributed by atoms with E-state index in [2.05, 4.69) is 19.7 Å². The fourth-order valence-corrected chi connectivity index (χ4v) is 6.69. The minimum atomic E-state index is -3.77. The number of nitrogens with one attached hydrogen (secondary N) is 3. The number of carbonyl (C=O) groups excluding carboxylic acids is 1. The smallest absolute Gasteiger partial charge is 0.257 e. The highest BCUT2D eigenvalue weighted by molar-refractivity contribution is 7.92. The molecule has 1 heterocycles. The zero-order valence-corrected chi connectivity index (χ0v) is 23.4. The van der Waals surface area contributed by atoms with Crippen LogP contribution in [0.4, 0.5) is 17.1 Å². The Morgan fingerprint density at radius 1 is 0.946 bits per heavy atom. The third kappa shape index (κ3) is 6.82. The molecule has 1 amide bonds. The molecule has 1 aliphatic heterocycles. The Morgan fingerprint density at radius 3 is 2.22 bits per heavy atom. The molecular formula is C26H36N4O5S2. The van der Waals surface area contributed by atoms with Gasteiger partial charge in [-0.15, -0.1) is 0 Å². The summed E-state index contributed by atoms with van der Waals surface area (Å²) in [5, 5.41) is 2.82. The average Bonchev–Trinajstić information content (AvgIpc) is 3.56. The molecule has 1 saturated carbocycles. The van der Waals surface area contributed by atoms with E-state index in [4.69, 9.17) is 0 Å². The summed E-state index contributed by atoms with van der Waals surface area (Å²) in [7, 11) is -7.25. The van der Waals surface area contributed by atoms with Crippen LogP contribution in [-0.4, -0.2) is 47.1 Å². The fraction of sp³-hybridized carbons (Fsp3) is 0.500. The van der Waals surface area contributed by atoms with Crippen LogP contribution in [0, 0.1) is 5.41 Å². The quantitative estimate of drug-likeness (QED) is 0.455. The van der Waals surface area contributed by atoms with Gasteiger partial charge in [0.25, 0.3) is 5.91 Å². The Bertz CT molecular complexity index is 1380. The van der Waals surface area contributed by atoms with Crippen LogP contribution in [-0.2, 0) is 20.0 Å². The molecule has 0 aromatic heterocycles. The number of carbonyl (C=O) groups is 1. The number of rotatable bonds is 8. The molecule has 2 aliphatic rings. The summed E-state index contributed by atoms with van der Waals surface area (Å²) in [6.45, 7) is 8.41. The van der Waals surface area contributed by atoms with Crippen LogP contribution in [0.15, 0.2) is 47.4 Å². The minimum Gasteiger partial charge on any atom is -0.371 e. The average molecular weight is 549 g/mol. The first-order valence-corrected chi connectivity index (χ1v) is 15.7. The minimum absolute atomic E-state index is 0.0514. The van der Waals surface area contributed by atoms with Crippen molar-refractivity contribution in [3.05, 3.63) is 48.0 Å². The van der Waals surface area contributed by atoms with Crippen LogP contribution in [0.2, 0.25) is 0 Å². The second-order valence-electron chi connectivity index (χ2n) is 11.1. The van der Waals surface area contributed by atoms with Crippen molar-refractivity contribution in [3.8, 4) is 0 Å². The highest BCUT2D eigenvalue weighted by atomic mass is 32.2. The van der Waals surface area contributed by atoms with E-state index in [1.165, 1.54) is 25.0 Å². The van der Waals surface area contributed by atoms with Gasteiger partial charge in [-0.3, -0.25) is 9.52 Å². The molecule has 4 rings (SSSR count). The topological polar surface area (TPSA) is 125 Å². The molecule has 9 nitrogen and oxygen atoms in total. The monoisotopic (exact) mass is 548 g/mol. The SMILES string of the molecule is CCS(=O)(=O)Nc1ccc(C(=O)Nc2cccc(S(=O)(=O)NC(C)(C)C)c2)c(N2CCC3(CC2)CC3)c1. The lowest BCUT2D eigenvalue weighted by Gasteiger charge is -2.35. The van der Waals surface area contributed by atoms with Gasteiger partial charge in [0, 0.05) is 24.3 Å². The summed E-state index contributed by atoms with van der Waals surface area (Å²) in [4.78, 5) is 15.6. The predicted molar refractivity (Wildman–Crippen MR) is 147 cm³/mol. The van der Waals surface area contributed by atoms with Crippen LogP contribution in [0.3, 0.4) is 0 Å². The number of benzene rings is 2. The van der Waals surface area contributed by atoms with Gasteiger partial charge in [0.2, 0.25) is 20.0 Å². The van der Waals surface area contributed by atoms with E-state index >= 15 is 0 Å². The molecule has 2 aromatic carbocycles. The van der Waals surface area contributed by atoms with Crippen LogP contribution in [0.25, 0.3) is 0 Å². The first-order chi connectivity index (χ1) is 17.2. The molecule has 1 saturated heterocycles. The Balaban J connectivity index is 1.61. The van der Waals surface area contributed by atoms with Gasteiger partial charge in [0.1, 0.15) is 0 Å². The van der Waals surface area contributed by atoms with E-state index in [1.54, 1.807) is 58.0 Å². The van der Waals surface area contributed by atoms with E-state index in [0.717, 1.165) is 25.9 Å². The molecule has 0 bridgehead atoms. The number of hydrogen-bond donors (Lipinski definition) is 3. The summed E-state index contributed by atoms with van der Waals surface area (Å²) in [5.74, 6) is -0.454. The maximum absolute atomic E-state index is 13.4. The summed E-state index contributed by atoms with van der Waals surface area (Å²) < 4.78 is 55.0. The number of piperidine rings is 1. The van der Waals surface area contributed by atoms with E-state index in [-0.39, 0.29) is 10.6 Å². The number of sulfonamides is 2. The third-order valence-corrected chi connectivity index (χ3v) is 9.92. The number of nitrogens with zero attached hydrogens (tertiary/aromatic N) is 1. The van der Waals surface area contributed by atoms with Gasteiger partial charge in [-0.05, 0) is 95.2 Å². The van der Waals surface area contributed by atoms with Crippen molar-refractivity contribution >= 4 is 43.0 Å². The van der Waals surface area contributed by atoms with E-state index < -0.39 is 31.5 Å². The van der Waals surface area contributed by atoms with E-state index in [1.807, 2.05) is 0 Å². The normalized spacial score (nSPS) is 17.5. The van der Waals surface area contributed by atoms with Gasteiger partial charge in [-0.25, -0.2) is 21.6 Å². The van der Waals surface area contributed by atoms with Crippen molar-refractivity contribution in [1.29, 1.82) is 0 Å². The number of hydrogen-bond acceptors (Lipinski definition) is 6. The van der Waals surface area contributed by atoms with Gasteiger partial charge in [0.15, 0.2) is 0 Å². The Morgan fingerprint density at radius 2 is 1.62 bits per heavy atom. The van der Waals surface area contributed by atoms with Crippen molar-refractivity contribution in [2.75, 3.05) is 33.8 Å². The molecule has 0 unspecified atom stereocenters. The van der Waals surface area contributed by atoms with Crippen molar-refractivity contribution in [1.82, 2.24) is 4.72 Å². The highest BCUT2D eigenvalue weighted by Crippen LogP contribution is 2.54. The van der Waals surface area contributed by atoms with Gasteiger partial charge >= 0.3 is 0 Å².